The molecule has 1 amide bonds. The number of nitrogens with zero attached hydrogens (tertiary/aromatic N) is 5. The summed E-state index contributed by atoms with van der Waals surface area (Å²) in [5, 5.41) is 32.9. The first-order valence-electron chi connectivity index (χ1n) is 18.3. The number of hydrogen-bond acceptors (Lipinski definition) is 9. The lowest BCUT2D eigenvalue weighted by Gasteiger charge is -2.28. The Bertz CT molecular complexity index is 2270. The molecular weight excluding hydrogens is 785 g/mol. The zero-order chi connectivity index (χ0) is 43.4. The van der Waals surface area contributed by atoms with Gasteiger partial charge < -0.3 is 34.8 Å². The normalized spacial score (nSPS) is 12.4. The summed E-state index contributed by atoms with van der Waals surface area (Å²) in [5.74, 6) is -5.46. The highest BCUT2D eigenvalue weighted by atomic mass is 19.4. The first kappa shape index (κ1) is 45.6. The molecule has 0 spiro atoms. The van der Waals surface area contributed by atoms with Crippen molar-refractivity contribution in [2.75, 3.05) is 26.2 Å². The van der Waals surface area contributed by atoms with Gasteiger partial charge in [0.1, 0.15) is 12.4 Å². The number of carboxylic acid groups (broad SMARTS) is 2. The van der Waals surface area contributed by atoms with Crippen LogP contribution >= 0.6 is 0 Å². The summed E-state index contributed by atoms with van der Waals surface area (Å²) < 4.78 is 69.1. The molecule has 59 heavy (non-hydrogen) atoms. The number of alkyl halides is 3. The molecule has 5 aromatic rings. The second kappa shape index (κ2) is 20.5. The number of pyridine rings is 1. The van der Waals surface area contributed by atoms with Crippen molar-refractivity contribution in [2.24, 2.45) is 0 Å². The van der Waals surface area contributed by atoms with E-state index in [1.807, 2.05) is 13.8 Å². The van der Waals surface area contributed by atoms with Crippen LogP contribution in [0.2, 0.25) is 0 Å². The number of benzene rings is 3. The molecule has 4 N–H and O–H groups in total. The van der Waals surface area contributed by atoms with Crippen LogP contribution in [-0.4, -0.2) is 101 Å². The van der Waals surface area contributed by atoms with Crippen molar-refractivity contribution in [1.82, 2.24) is 24.3 Å². The molecule has 0 saturated carbocycles. The smallest absolute Gasteiger partial charge is 0.416 e. The predicted molar refractivity (Wildman–Crippen MR) is 205 cm³/mol. The van der Waals surface area contributed by atoms with Crippen LogP contribution in [0.25, 0.3) is 22.2 Å². The van der Waals surface area contributed by atoms with Crippen LogP contribution in [0, 0.1) is 11.6 Å². The van der Waals surface area contributed by atoms with Crippen molar-refractivity contribution < 1.29 is 56.8 Å². The molecule has 2 aromatic heterocycles. The van der Waals surface area contributed by atoms with E-state index in [4.69, 9.17) is 20.4 Å². The molecule has 0 radical (unpaired) electrons. The van der Waals surface area contributed by atoms with Crippen molar-refractivity contribution in [3.8, 4) is 11.3 Å². The number of amides is 1. The van der Waals surface area contributed by atoms with E-state index in [-0.39, 0.29) is 43.2 Å². The number of aryl methyl sites for hydroxylation is 2. The number of aliphatic hydroxyl groups excluding tert-OH is 2. The third-order valence-corrected chi connectivity index (χ3v) is 9.35. The number of carboxylic acids is 2. The van der Waals surface area contributed by atoms with Gasteiger partial charge in [-0.25, -0.2) is 18.4 Å². The lowest BCUT2D eigenvalue weighted by atomic mass is 10.1. The molecular formula is C41H42F5N5O8. The van der Waals surface area contributed by atoms with Gasteiger partial charge in [0, 0.05) is 37.8 Å². The largest absolute Gasteiger partial charge is 0.479 e. The monoisotopic (exact) mass is 827 g/mol. The zero-order valence-electron chi connectivity index (χ0n) is 31.9. The lowest BCUT2D eigenvalue weighted by molar-refractivity contribution is -0.165. The fourth-order valence-electron chi connectivity index (χ4n) is 5.96. The van der Waals surface area contributed by atoms with Gasteiger partial charge in [0.05, 0.1) is 22.2 Å². The van der Waals surface area contributed by atoms with E-state index < -0.39 is 53.1 Å². The van der Waals surface area contributed by atoms with Crippen molar-refractivity contribution in [1.29, 1.82) is 0 Å². The standard InChI is InChI=1S/C37H36F5N5O2.C4H6O6/c1-3-45(4-2)20-21-46(23-25-12-18-31(43-22-25)26-13-16-28(17-14-26)37(40,41)42)34(48)24-47-32-11-6-5-9-29(32)36(49)44-33(47)19-15-27-8-7-10-30(38)35(27)39;5-1(3(7)8)2(6)4(9)10/h5-14,16-18,22H,3-4,15,19-21,23-24H2,1-2H3;1-2,5-6H,(H,7,8)(H,9,10). The number of aliphatic carboxylic acids is 2. The summed E-state index contributed by atoms with van der Waals surface area (Å²) in [7, 11) is 0. The Labute approximate surface area is 334 Å². The second-order valence-corrected chi connectivity index (χ2v) is 13.2. The van der Waals surface area contributed by atoms with Gasteiger partial charge in [-0.05, 0) is 67.0 Å². The number of hydrogen-bond donors (Lipinski definition) is 4. The SMILES string of the molecule is CCN(CC)CCN(Cc1ccc(-c2ccc(C(F)(F)F)cc2)nc1)C(=O)Cn1c(CCc2cccc(F)c2F)nc(=O)c2ccccc21.O=C(O)C(O)C(O)C(=O)O. The van der Waals surface area contributed by atoms with Gasteiger partial charge in [-0.1, -0.05) is 56.3 Å². The number of rotatable bonds is 16. The molecule has 2 atom stereocenters. The first-order chi connectivity index (χ1) is 27.9. The van der Waals surface area contributed by atoms with E-state index in [0.29, 0.717) is 40.8 Å². The molecule has 3 aromatic carbocycles. The molecule has 0 aliphatic carbocycles. The topological polar surface area (TPSA) is 186 Å². The summed E-state index contributed by atoms with van der Waals surface area (Å²) in [5.41, 5.74) is 1.14. The first-order valence-corrected chi connectivity index (χ1v) is 18.3. The highest BCUT2D eigenvalue weighted by Gasteiger charge is 2.30. The minimum Gasteiger partial charge on any atom is -0.479 e. The summed E-state index contributed by atoms with van der Waals surface area (Å²) in [4.78, 5) is 59.2. The number of para-hydroxylation sites is 1. The molecule has 0 saturated heterocycles. The van der Waals surface area contributed by atoms with Crippen LogP contribution in [0.1, 0.15) is 36.4 Å². The zero-order valence-corrected chi connectivity index (χ0v) is 31.9. The number of aromatic nitrogens is 3. The molecule has 2 heterocycles. The number of aliphatic hydroxyl groups is 2. The van der Waals surface area contributed by atoms with E-state index in [2.05, 4.69) is 14.9 Å². The average molecular weight is 828 g/mol. The number of carbonyl (C=O) groups excluding carboxylic acids is 1. The average Bonchev–Trinajstić information content (AvgIpc) is 3.22. The minimum atomic E-state index is -4.44. The summed E-state index contributed by atoms with van der Waals surface area (Å²) in [6, 6.07) is 19.0. The Kier molecular flexibility index (Phi) is 15.9. The molecule has 13 nitrogen and oxygen atoms in total. The van der Waals surface area contributed by atoms with Gasteiger partial charge in [0.2, 0.25) is 5.91 Å². The fourth-order valence-corrected chi connectivity index (χ4v) is 5.96. The summed E-state index contributed by atoms with van der Waals surface area (Å²) in [6.45, 7) is 6.67. The van der Waals surface area contributed by atoms with Crippen LogP contribution < -0.4 is 5.56 Å². The van der Waals surface area contributed by atoms with E-state index in [0.717, 1.165) is 31.3 Å². The Morgan fingerprint density at radius 2 is 1.46 bits per heavy atom. The highest BCUT2D eigenvalue weighted by molar-refractivity contribution is 5.83. The van der Waals surface area contributed by atoms with Gasteiger partial charge in [-0.3, -0.25) is 14.6 Å². The maximum Gasteiger partial charge on any atom is 0.416 e. The van der Waals surface area contributed by atoms with E-state index >= 15 is 0 Å². The Morgan fingerprint density at radius 3 is 2.03 bits per heavy atom. The minimum absolute atomic E-state index is 0.0607. The molecule has 0 aliphatic heterocycles. The second-order valence-electron chi connectivity index (χ2n) is 13.2. The van der Waals surface area contributed by atoms with Crippen LogP contribution in [0.5, 0.6) is 0 Å². The van der Waals surface area contributed by atoms with Crippen LogP contribution in [0.15, 0.2) is 89.9 Å². The number of likely N-dealkylation sites (N-methyl/N-ethyl adjacent to an activating group) is 1. The van der Waals surface area contributed by atoms with Crippen molar-refractivity contribution >= 4 is 28.7 Å². The highest BCUT2D eigenvalue weighted by Crippen LogP contribution is 2.30. The fraction of sp³-hybridized carbons (Fsp3) is 0.317. The van der Waals surface area contributed by atoms with Crippen LogP contribution in [-0.2, 0) is 46.5 Å². The number of halogens is 5. The van der Waals surface area contributed by atoms with E-state index in [1.165, 1.54) is 24.3 Å². The number of fused-ring (bicyclic) bond motifs is 1. The van der Waals surface area contributed by atoms with Gasteiger partial charge in [-0.15, -0.1) is 0 Å². The molecule has 0 fully saturated rings. The lowest BCUT2D eigenvalue weighted by Crippen LogP contribution is -2.40. The van der Waals surface area contributed by atoms with Gasteiger partial charge in [0.15, 0.2) is 23.8 Å². The van der Waals surface area contributed by atoms with Crippen molar-refractivity contribution in [3.63, 3.8) is 0 Å². The third kappa shape index (κ3) is 12.2. The molecule has 18 heteroatoms. The Morgan fingerprint density at radius 1 is 0.814 bits per heavy atom. The van der Waals surface area contributed by atoms with Crippen molar-refractivity contribution in [3.05, 3.63) is 130 Å². The summed E-state index contributed by atoms with van der Waals surface area (Å²) >= 11 is 0. The maximum atomic E-state index is 14.5. The Balaban J connectivity index is 0.000000680. The molecule has 5 rings (SSSR count). The van der Waals surface area contributed by atoms with Crippen LogP contribution in [0.4, 0.5) is 22.0 Å². The molecule has 314 valence electrons. The molecule has 0 aliphatic rings. The molecule has 2 unspecified atom stereocenters. The maximum absolute atomic E-state index is 14.5. The van der Waals surface area contributed by atoms with Gasteiger partial charge >= 0.3 is 18.1 Å². The predicted octanol–water partition coefficient (Wildman–Crippen LogP) is 4.79. The Hall–Kier alpha value is -6.11. The van der Waals surface area contributed by atoms with Gasteiger partial charge in [0.25, 0.3) is 5.56 Å². The van der Waals surface area contributed by atoms with Gasteiger partial charge in [-0.2, -0.15) is 18.2 Å². The summed E-state index contributed by atoms with van der Waals surface area (Å²) in [6.07, 6.45) is -7.22. The van der Waals surface area contributed by atoms with Crippen LogP contribution in [0.3, 0.4) is 0 Å². The third-order valence-electron chi connectivity index (χ3n) is 9.35. The van der Waals surface area contributed by atoms with Crippen molar-refractivity contribution in [2.45, 2.75) is 58.2 Å². The number of carbonyl (C=O) groups is 3. The van der Waals surface area contributed by atoms with E-state index in [1.54, 1.807) is 52.1 Å². The quantitative estimate of drug-likeness (QED) is 0.100. The van der Waals surface area contributed by atoms with E-state index in [9.17, 15) is 41.1 Å². The molecule has 0 bridgehead atoms.